The molecule has 0 aliphatic carbocycles. The van der Waals surface area contributed by atoms with Gasteiger partial charge in [-0.25, -0.2) is 13.1 Å². The Morgan fingerprint density at radius 3 is 2.32 bits per heavy atom. The highest BCUT2D eigenvalue weighted by molar-refractivity contribution is 7.89. The van der Waals surface area contributed by atoms with Gasteiger partial charge in [0.05, 0.1) is 4.90 Å². The summed E-state index contributed by atoms with van der Waals surface area (Å²) in [5, 5.41) is 5.69. The quantitative estimate of drug-likeness (QED) is 0.572. The number of aryl methyl sites for hydroxylation is 1. The van der Waals surface area contributed by atoms with E-state index in [-0.39, 0.29) is 22.0 Å². The van der Waals surface area contributed by atoms with Gasteiger partial charge in [0.2, 0.25) is 15.9 Å². The summed E-state index contributed by atoms with van der Waals surface area (Å²) < 4.78 is 27.1. The molecule has 2 aromatic carbocycles. The molecule has 0 aliphatic rings. The van der Waals surface area contributed by atoms with Gasteiger partial charge in [-0.3, -0.25) is 4.79 Å². The van der Waals surface area contributed by atoms with Crippen LogP contribution in [0.2, 0.25) is 0 Å². The fourth-order valence-electron chi connectivity index (χ4n) is 2.39. The number of rotatable bonds is 8. The molecule has 1 amide bonds. The molecule has 0 radical (unpaired) electrons. The molecule has 0 saturated carbocycles. The summed E-state index contributed by atoms with van der Waals surface area (Å²) in [6.45, 7) is 3.72. The van der Waals surface area contributed by atoms with Gasteiger partial charge in [0.1, 0.15) is 0 Å². The van der Waals surface area contributed by atoms with Crippen LogP contribution in [0.4, 0.5) is 5.69 Å². The average molecular weight is 420 g/mol. The maximum absolute atomic E-state index is 12.3. The van der Waals surface area contributed by atoms with Crippen LogP contribution in [0.15, 0.2) is 59.5 Å². The number of carbonyl (C=O) groups excluding carboxylic acids is 1. The molecule has 28 heavy (non-hydrogen) atoms. The first-order valence-electron chi connectivity index (χ1n) is 9.07. The fourth-order valence-corrected chi connectivity index (χ4v) is 3.95. The van der Waals surface area contributed by atoms with Crippen LogP contribution < -0.4 is 15.4 Å². The Labute approximate surface area is 171 Å². The Hall–Kier alpha value is -2.29. The van der Waals surface area contributed by atoms with E-state index in [4.69, 9.17) is 12.2 Å². The van der Waals surface area contributed by atoms with Crippen molar-refractivity contribution >= 4 is 38.9 Å². The van der Waals surface area contributed by atoms with Gasteiger partial charge < -0.3 is 10.6 Å². The first-order valence-corrected chi connectivity index (χ1v) is 11.0. The second kappa shape index (κ2) is 10.3. The normalized spacial score (nSPS) is 12.2. The Kier molecular flexibility index (Phi) is 8.10. The molecule has 6 nitrogen and oxygen atoms in total. The van der Waals surface area contributed by atoms with Crippen molar-refractivity contribution in [2.24, 2.45) is 0 Å². The molecule has 0 saturated heterocycles. The van der Waals surface area contributed by atoms with E-state index in [1.54, 1.807) is 12.1 Å². The molecular weight excluding hydrogens is 394 g/mol. The molecule has 0 bridgehead atoms. The molecule has 0 aliphatic heterocycles. The summed E-state index contributed by atoms with van der Waals surface area (Å²) in [6, 6.07) is 15.8. The van der Waals surface area contributed by atoms with Gasteiger partial charge in [-0.1, -0.05) is 37.3 Å². The van der Waals surface area contributed by atoms with Crippen LogP contribution in [0.1, 0.15) is 32.3 Å². The van der Waals surface area contributed by atoms with Crippen LogP contribution in [0.3, 0.4) is 0 Å². The van der Waals surface area contributed by atoms with Gasteiger partial charge in [0, 0.05) is 18.2 Å². The maximum atomic E-state index is 12.3. The molecule has 0 fully saturated rings. The molecule has 0 aromatic heterocycles. The van der Waals surface area contributed by atoms with Crippen LogP contribution in [-0.2, 0) is 21.2 Å². The third-order valence-corrected chi connectivity index (χ3v) is 5.94. The van der Waals surface area contributed by atoms with Crippen molar-refractivity contribution in [1.29, 1.82) is 0 Å². The van der Waals surface area contributed by atoms with Gasteiger partial charge in [-0.15, -0.1) is 0 Å². The number of nitrogens with one attached hydrogen (secondary N) is 3. The van der Waals surface area contributed by atoms with Crippen LogP contribution >= 0.6 is 12.2 Å². The predicted molar refractivity (Wildman–Crippen MR) is 116 cm³/mol. The lowest BCUT2D eigenvalue weighted by atomic mass is 10.1. The van der Waals surface area contributed by atoms with E-state index in [0.717, 1.165) is 5.56 Å². The van der Waals surface area contributed by atoms with E-state index in [9.17, 15) is 13.2 Å². The Bertz CT molecular complexity index is 898. The molecule has 3 N–H and O–H groups in total. The summed E-state index contributed by atoms with van der Waals surface area (Å²) in [6.07, 6.45) is 1.66. The SMILES string of the molecule is CCC(C)NS(=O)(=O)c1ccc(NC(=S)NC(=O)CCc2ccccc2)cc1. The van der Waals surface area contributed by atoms with Gasteiger partial charge in [0.15, 0.2) is 5.11 Å². The van der Waals surface area contributed by atoms with Crippen molar-refractivity contribution in [2.45, 2.75) is 44.0 Å². The second-order valence-corrected chi connectivity index (χ2v) is 8.57. The second-order valence-electron chi connectivity index (χ2n) is 6.44. The van der Waals surface area contributed by atoms with E-state index >= 15 is 0 Å². The zero-order chi connectivity index (χ0) is 20.6. The maximum Gasteiger partial charge on any atom is 0.240 e. The molecule has 1 unspecified atom stereocenters. The standard InChI is InChI=1S/C20H25N3O3S2/c1-3-15(2)23-28(25,26)18-12-10-17(11-13-18)21-20(27)22-19(24)14-9-16-7-5-4-6-8-16/h4-8,10-13,15,23H,3,9,14H2,1-2H3,(H2,21,22,24,27). The topological polar surface area (TPSA) is 87.3 Å². The van der Waals surface area contributed by atoms with Crippen molar-refractivity contribution in [2.75, 3.05) is 5.32 Å². The molecule has 1 atom stereocenters. The first kappa shape index (κ1) is 22.0. The first-order chi connectivity index (χ1) is 13.3. The van der Waals surface area contributed by atoms with Gasteiger partial charge in [0.25, 0.3) is 0 Å². The van der Waals surface area contributed by atoms with Gasteiger partial charge in [-0.05, 0) is 61.8 Å². The molecule has 8 heteroatoms. The summed E-state index contributed by atoms with van der Waals surface area (Å²) in [7, 11) is -3.55. The molecule has 2 aromatic rings. The van der Waals surface area contributed by atoms with Crippen molar-refractivity contribution in [1.82, 2.24) is 10.0 Å². The van der Waals surface area contributed by atoms with E-state index in [2.05, 4.69) is 15.4 Å². The monoisotopic (exact) mass is 419 g/mol. The lowest BCUT2D eigenvalue weighted by molar-refractivity contribution is -0.119. The smallest absolute Gasteiger partial charge is 0.240 e. The minimum atomic E-state index is -3.55. The highest BCUT2D eigenvalue weighted by Crippen LogP contribution is 2.14. The Balaban J connectivity index is 1.86. The van der Waals surface area contributed by atoms with E-state index in [1.165, 1.54) is 12.1 Å². The van der Waals surface area contributed by atoms with Gasteiger partial charge >= 0.3 is 0 Å². The van der Waals surface area contributed by atoms with Gasteiger partial charge in [-0.2, -0.15) is 0 Å². The number of anilines is 1. The number of benzene rings is 2. The molecular formula is C20H25N3O3S2. The largest absolute Gasteiger partial charge is 0.332 e. The molecule has 2 rings (SSSR count). The number of hydrogen-bond acceptors (Lipinski definition) is 4. The number of carbonyl (C=O) groups is 1. The van der Waals surface area contributed by atoms with Crippen LogP contribution in [0.5, 0.6) is 0 Å². The van der Waals surface area contributed by atoms with Crippen molar-refractivity contribution in [3.63, 3.8) is 0 Å². The summed E-state index contributed by atoms with van der Waals surface area (Å²) >= 11 is 5.15. The Morgan fingerprint density at radius 1 is 1.07 bits per heavy atom. The predicted octanol–water partition coefficient (Wildman–Crippen LogP) is 3.21. The lowest BCUT2D eigenvalue weighted by Crippen LogP contribution is -2.34. The van der Waals surface area contributed by atoms with Crippen LogP contribution in [-0.4, -0.2) is 25.5 Å². The highest BCUT2D eigenvalue weighted by atomic mass is 32.2. The van der Waals surface area contributed by atoms with Crippen LogP contribution in [0, 0.1) is 0 Å². The third kappa shape index (κ3) is 7.03. The lowest BCUT2D eigenvalue weighted by Gasteiger charge is -2.13. The Morgan fingerprint density at radius 2 is 1.71 bits per heavy atom. The average Bonchev–Trinajstić information content (AvgIpc) is 2.67. The number of hydrogen-bond donors (Lipinski definition) is 3. The molecule has 0 spiro atoms. The van der Waals surface area contributed by atoms with Crippen LogP contribution in [0.25, 0.3) is 0 Å². The van der Waals surface area contributed by atoms with E-state index < -0.39 is 10.0 Å². The highest BCUT2D eigenvalue weighted by Gasteiger charge is 2.16. The molecule has 0 heterocycles. The van der Waals surface area contributed by atoms with Crippen molar-refractivity contribution in [3.8, 4) is 0 Å². The zero-order valence-corrected chi connectivity index (χ0v) is 17.6. The van der Waals surface area contributed by atoms with Crippen molar-refractivity contribution in [3.05, 3.63) is 60.2 Å². The zero-order valence-electron chi connectivity index (χ0n) is 15.9. The minimum Gasteiger partial charge on any atom is -0.332 e. The third-order valence-electron chi connectivity index (χ3n) is 4.13. The minimum absolute atomic E-state index is 0.138. The van der Waals surface area contributed by atoms with E-state index in [0.29, 0.717) is 24.9 Å². The summed E-state index contributed by atoms with van der Waals surface area (Å²) in [4.78, 5) is 12.2. The number of amides is 1. The summed E-state index contributed by atoms with van der Waals surface area (Å²) in [5.41, 5.74) is 1.68. The van der Waals surface area contributed by atoms with E-state index in [1.807, 2.05) is 44.2 Å². The van der Waals surface area contributed by atoms with Crippen molar-refractivity contribution < 1.29 is 13.2 Å². The number of sulfonamides is 1. The molecule has 150 valence electrons. The fraction of sp³-hybridized carbons (Fsp3) is 0.300. The number of thiocarbonyl (C=S) groups is 1. The summed E-state index contributed by atoms with van der Waals surface area (Å²) in [5.74, 6) is -0.182.